The maximum Gasteiger partial charge on any atom is 0.234 e. The standard InChI is InChI=1S/C24H29N5O/c1-20(22-7-9-23(10-8-22)29-12-11-25-19-29)26-24(30)18-28-15-13-27(14-16-28)17-21-5-3-2-4-6-21/h2-12,19-20H,13-18H2,1H3,(H,26,30)/t20-/m0/s1. The van der Waals surface area contributed by atoms with E-state index in [4.69, 9.17) is 0 Å². The van der Waals surface area contributed by atoms with Gasteiger partial charge in [0.25, 0.3) is 0 Å². The fourth-order valence-electron chi connectivity index (χ4n) is 3.87. The Kier molecular flexibility index (Phi) is 6.57. The highest BCUT2D eigenvalue weighted by Gasteiger charge is 2.20. The Balaban J connectivity index is 1.22. The SMILES string of the molecule is C[C@H](NC(=O)CN1CCN(Cc2ccccc2)CC1)c1ccc(-n2ccnc2)cc1. The van der Waals surface area contributed by atoms with E-state index in [1.54, 1.807) is 12.5 Å². The van der Waals surface area contributed by atoms with Gasteiger partial charge in [-0.3, -0.25) is 14.6 Å². The van der Waals surface area contributed by atoms with Crippen molar-refractivity contribution < 1.29 is 4.79 Å². The lowest BCUT2D eigenvalue weighted by molar-refractivity contribution is -0.123. The van der Waals surface area contributed by atoms with Crippen LogP contribution in [0.15, 0.2) is 73.3 Å². The van der Waals surface area contributed by atoms with E-state index in [9.17, 15) is 4.79 Å². The number of aromatic nitrogens is 2. The summed E-state index contributed by atoms with van der Waals surface area (Å²) >= 11 is 0. The molecule has 6 heteroatoms. The van der Waals surface area contributed by atoms with Crippen molar-refractivity contribution in [3.8, 4) is 5.69 Å². The molecule has 1 aliphatic heterocycles. The van der Waals surface area contributed by atoms with Crippen molar-refractivity contribution in [2.24, 2.45) is 0 Å². The molecule has 0 radical (unpaired) electrons. The molecule has 3 aromatic rings. The third kappa shape index (κ3) is 5.34. The fraction of sp³-hybridized carbons (Fsp3) is 0.333. The first-order valence-electron chi connectivity index (χ1n) is 10.5. The molecule has 0 spiro atoms. The quantitative estimate of drug-likeness (QED) is 0.659. The molecule has 30 heavy (non-hydrogen) atoms. The minimum Gasteiger partial charge on any atom is -0.348 e. The van der Waals surface area contributed by atoms with Gasteiger partial charge in [0.15, 0.2) is 0 Å². The first kappa shape index (κ1) is 20.3. The second-order valence-electron chi connectivity index (χ2n) is 7.89. The van der Waals surface area contributed by atoms with Crippen molar-refractivity contribution in [1.82, 2.24) is 24.7 Å². The fourth-order valence-corrected chi connectivity index (χ4v) is 3.87. The summed E-state index contributed by atoms with van der Waals surface area (Å²) in [5.74, 6) is 0.0812. The molecule has 1 N–H and O–H groups in total. The van der Waals surface area contributed by atoms with Gasteiger partial charge in [0.1, 0.15) is 0 Å². The molecule has 6 nitrogen and oxygen atoms in total. The topological polar surface area (TPSA) is 53.4 Å². The molecule has 156 valence electrons. The Morgan fingerprint density at radius 1 is 1.00 bits per heavy atom. The molecule has 0 bridgehead atoms. The largest absolute Gasteiger partial charge is 0.348 e. The van der Waals surface area contributed by atoms with Gasteiger partial charge in [0, 0.05) is 50.8 Å². The molecule has 1 aliphatic rings. The van der Waals surface area contributed by atoms with Crippen LogP contribution in [0, 0.1) is 0 Å². The van der Waals surface area contributed by atoms with Gasteiger partial charge in [-0.2, -0.15) is 0 Å². The molecular formula is C24H29N5O. The van der Waals surface area contributed by atoms with Crippen molar-refractivity contribution in [2.75, 3.05) is 32.7 Å². The van der Waals surface area contributed by atoms with Gasteiger partial charge in [-0.05, 0) is 30.2 Å². The van der Waals surface area contributed by atoms with Gasteiger partial charge in [-0.1, -0.05) is 42.5 Å². The summed E-state index contributed by atoms with van der Waals surface area (Å²) in [6.45, 7) is 7.30. The predicted octanol–water partition coefficient (Wildman–Crippen LogP) is 2.87. The van der Waals surface area contributed by atoms with Gasteiger partial charge in [-0.15, -0.1) is 0 Å². The lowest BCUT2D eigenvalue weighted by Gasteiger charge is -2.34. The van der Waals surface area contributed by atoms with E-state index < -0.39 is 0 Å². The van der Waals surface area contributed by atoms with E-state index in [-0.39, 0.29) is 11.9 Å². The van der Waals surface area contributed by atoms with Crippen LogP contribution in [0.1, 0.15) is 24.1 Å². The van der Waals surface area contributed by atoms with Crippen LogP contribution in [0.5, 0.6) is 0 Å². The third-order valence-corrected chi connectivity index (χ3v) is 5.65. The highest BCUT2D eigenvalue weighted by Crippen LogP contribution is 2.16. The summed E-state index contributed by atoms with van der Waals surface area (Å²) in [6.07, 6.45) is 5.46. The molecular weight excluding hydrogens is 374 g/mol. The Morgan fingerprint density at radius 2 is 1.70 bits per heavy atom. The summed E-state index contributed by atoms with van der Waals surface area (Å²) in [5, 5.41) is 3.14. The number of piperazine rings is 1. The number of rotatable bonds is 7. The van der Waals surface area contributed by atoms with Crippen LogP contribution in [0.25, 0.3) is 5.69 Å². The molecule has 1 aromatic heterocycles. The van der Waals surface area contributed by atoms with Gasteiger partial charge in [0.2, 0.25) is 5.91 Å². The third-order valence-electron chi connectivity index (χ3n) is 5.65. The molecule has 1 atom stereocenters. The number of amides is 1. The lowest BCUT2D eigenvalue weighted by atomic mass is 10.1. The number of benzene rings is 2. The van der Waals surface area contributed by atoms with E-state index in [2.05, 4.69) is 62.6 Å². The first-order chi connectivity index (χ1) is 14.7. The zero-order chi connectivity index (χ0) is 20.8. The van der Waals surface area contributed by atoms with E-state index in [0.29, 0.717) is 6.54 Å². The van der Waals surface area contributed by atoms with Crippen LogP contribution in [0.4, 0.5) is 0 Å². The minimum absolute atomic E-state index is 0.0197. The zero-order valence-corrected chi connectivity index (χ0v) is 17.4. The first-order valence-corrected chi connectivity index (χ1v) is 10.5. The molecule has 0 unspecified atom stereocenters. The van der Waals surface area contributed by atoms with Crippen molar-refractivity contribution in [3.63, 3.8) is 0 Å². The maximum absolute atomic E-state index is 12.5. The summed E-state index contributed by atoms with van der Waals surface area (Å²) in [7, 11) is 0. The molecule has 2 aromatic carbocycles. The summed E-state index contributed by atoms with van der Waals surface area (Å²) in [6, 6.07) is 18.8. The van der Waals surface area contributed by atoms with E-state index in [1.807, 2.05) is 29.8 Å². The maximum atomic E-state index is 12.5. The molecule has 0 saturated carbocycles. The Bertz CT molecular complexity index is 916. The second kappa shape index (κ2) is 9.69. The number of hydrogen-bond acceptors (Lipinski definition) is 4. The Labute approximate surface area is 178 Å². The highest BCUT2D eigenvalue weighted by molar-refractivity contribution is 5.78. The number of hydrogen-bond donors (Lipinski definition) is 1. The van der Waals surface area contributed by atoms with Crippen LogP contribution in [-0.4, -0.2) is 58.0 Å². The minimum atomic E-state index is -0.0197. The highest BCUT2D eigenvalue weighted by atomic mass is 16.2. The second-order valence-corrected chi connectivity index (χ2v) is 7.89. The van der Waals surface area contributed by atoms with E-state index in [0.717, 1.165) is 44.0 Å². The number of carbonyl (C=O) groups is 1. The number of nitrogens with one attached hydrogen (secondary N) is 1. The van der Waals surface area contributed by atoms with Crippen molar-refractivity contribution in [3.05, 3.63) is 84.4 Å². The normalized spacial score (nSPS) is 16.3. The Morgan fingerprint density at radius 3 is 2.37 bits per heavy atom. The molecule has 1 fully saturated rings. The van der Waals surface area contributed by atoms with Crippen LogP contribution >= 0.6 is 0 Å². The lowest BCUT2D eigenvalue weighted by Crippen LogP contribution is -2.49. The van der Waals surface area contributed by atoms with E-state index in [1.165, 1.54) is 5.56 Å². The molecule has 1 amide bonds. The van der Waals surface area contributed by atoms with Crippen LogP contribution in [0.3, 0.4) is 0 Å². The van der Waals surface area contributed by atoms with Gasteiger partial charge in [-0.25, -0.2) is 4.98 Å². The molecule has 2 heterocycles. The van der Waals surface area contributed by atoms with Crippen molar-refractivity contribution >= 4 is 5.91 Å². The molecule has 1 saturated heterocycles. The Hall–Kier alpha value is -2.96. The van der Waals surface area contributed by atoms with Gasteiger partial charge >= 0.3 is 0 Å². The smallest absolute Gasteiger partial charge is 0.234 e. The van der Waals surface area contributed by atoms with Crippen molar-refractivity contribution in [1.29, 1.82) is 0 Å². The molecule has 4 rings (SSSR count). The number of imidazole rings is 1. The monoisotopic (exact) mass is 403 g/mol. The molecule has 0 aliphatic carbocycles. The van der Waals surface area contributed by atoms with Crippen molar-refractivity contribution in [2.45, 2.75) is 19.5 Å². The summed E-state index contributed by atoms with van der Waals surface area (Å²) in [5.41, 5.74) is 3.50. The van der Waals surface area contributed by atoms with Crippen LogP contribution in [0.2, 0.25) is 0 Å². The zero-order valence-electron chi connectivity index (χ0n) is 17.4. The predicted molar refractivity (Wildman–Crippen MR) is 118 cm³/mol. The number of carbonyl (C=O) groups excluding carboxylic acids is 1. The summed E-state index contributed by atoms with van der Waals surface area (Å²) < 4.78 is 1.96. The average Bonchev–Trinajstić information content (AvgIpc) is 3.31. The van der Waals surface area contributed by atoms with Crippen LogP contribution < -0.4 is 5.32 Å². The van der Waals surface area contributed by atoms with Gasteiger partial charge in [0.05, 0.1) is 18.9 Å². The van der Waals surface area contributed by atoms with E-state index >= 15 is 0 Å². The van der Waals surface area contributed by atoms with Gasteiger partial charge < -0.3 is 9.88 Å². The summed E-state index contributed by atoms with van der Waals surface area (Å²) in [4.78, 5) is 21.3. The van der Waals surface area contributed by atoms with Crippen LogP contribution in [-0.2, 0) is 11.3 Å². The number of nitrogens with zero attached hydrogens (tertiary/aromatic N) is 4. The average molecular weight is 404 g/mol.